The second kappa shape index (κ2) is 7.36. The van der Waals surface area contributed by atoms with Gasteiger partial charge >= 0.3 is 0 Å². The number of hydrogen-bond donors (Lipinski definition) is 1. The van der Waals surface area contributed by atoms with Crippen molar-refractivity contribution < 1.29 is 12.8 Å². The van der Waals surface area contributed by atoms with Gasteiger partial charge in [0.15, 0.2) is 0 Å². The Hall–Kier alpha value is -0.940. The quantitative estimate of drug-likeness (QED) is 0.841. The summed E-state index contributed by atoms with van der Waals surface area (Å²) >= 11 is 0. The molecule has 0 saturated carbocycles. The molecular weight excluding hydrogens is 289 g/mol. The molecule has 0 aliphatic heterocycles. The minimum absolute atomic E-state index is 0.0254. The summed E-state index contributed by atoms with van der Waals surface area (Å²) in [6.07, 6.45) is 2.56. The molecule has 1 aromatic rings. The fourth-order valence-electron chi connectivity index (χ4n) is 2.17. The molecule has 0 aromatic heterocycles. The highest BCUT2D eigenvalue weighted by atomic mass is 32.2. The topological polar surface area (TPSA) is 46.2 Å². The smallest absolute Gasteiger partial charge is 0.147 e. The van der Waals surface area contributed by atoms with Crippen LogP contribution >= 0.6 is 0 Å². The van der Waals surface area contributed by atoms with Crippen LogP contribution in [0.1, 0.15) is 45.1 Å². The van der Waals surface area contributed by atoms with Crippen LogP contribution in [0.3, 0.4) is 0 Å². The molecule has 3 nitrogen and oxygen atoms in total. The Kier molecular flexibility index (Phi) is 6.35. The number of nitrogens with one attached hydrogen (secondary N) is 1. The molecule has 1 unspecified atom stereocenters. The highest BCUT2D eigenvalue weighted by Gasteiger charge is 2.17. The summed E-state index contributed by atoms with van der Waals surface area (Å²) in [6, 6.07) is 6.56. The molecule has 5 heteroatoms. The third-order valence-electron chi connectivity index (χ3n) is 3.27. The van der Waals surface area contributed by atoms with Crippen LogP contribution in [0.4, 0.5) is 4.39 Å². The molecule has 0 aliphatic rings. The van der Waals surface area contributed by atoms with Gasteiger partial charge in [-0.05, 0) is 57.2 Å². The molecule has 1 aromatic carbocycles. The maximum Gasteiger partial charge on any atom is 0.147 e. The second-order valence-corrected chi connectivity index (χ2v) is 8.91. The van der Waals surface area contributed by atoms with Gasteiger partial charge in [-0.25, -0.2) is 12.8 Å². The van der Waals surface area contributed by atoms with Gasteiger partial charge in [-0.15, -0.1) is 0 Å². The van der Waals surface area contributed by atoms with E-state index in [1.165, 1.54) is 18.4 Å². The third kappa shape index (κ3) is 8.17. The zero-order chi connectivity index (χ0) is 16.1. The zero-order valence-corrected chi connectivity index (χ0v) is 14.1. The van der Waals surface area contributed by atoms with E-state index < -0.39 is 9.84 Å². The lowest BCUT2D eigenvalue weighted by atomic mass is 9.93. The van der Waals surface area contributed by atoms with E-state index in [4.69, 9.17) is 0 Å². The van der Waals surface area contributed by atoms with Crippen LogP contribution < -0.4 is 5.32 Å². The molecule has 0 fully saturated rings. The number of hydrogen-bond acceptors (Lipinski definition) is 3. The Morgan fingerprint density at radius 3 is 2.48 bits per heavy atom. The second-order valence-electron chi connectivity index (χ2n) is 6.65. The lowest BCUT2D eigenvalue weighted by Crippen LogP contribution is -2.38. The minimum Gasteiger partial charge on any atom is -0.311 e. The maximum absolute atomic E-state index is 13.4. The standard InChI is InChI=1S/C16H26FNO2S/c1-16(2,3)18-12-14(8-6-10-21(4,19)20)13-7-5-9-15(17)11-13/h5,7,9,11,14,18H,6,8,10,12H2,1-4H3. The number of rotatable bonds is 7. The molecule has 1 N–H and O–H groups in total. The summed E-state index contributed by atoms with van der Waals surface area (Å²) in [6.45, 7) is 6.93. The van der Waals surface area contributed by atoms with E-state index in [-0.39, 0.29) is 23.0 Å². The maximum atomic E-state index is 13.4. The van der Waals surface area contributed by atoms with E-state index >= 15 is 0 Å². The molecule has 21 heavy (non-hydrogen) atoms. The Balaban J connectivity index is 2.74. The van der Waals surface area contributed by atoms with Crippen molar-refractivity contribution in [3.8, 4) is 0 Å². The first kappa shape index (κ1) is 18.1. The monoisotopic (exact) mass is 315 g/mol. The Bertz CT molecular complexity index is 550. The van der Waals surface area contributed by atoms with E-state index in [1.54, 1.807) is 6.07 Å². The van der Waals surface area contributed by atoms with Crippen LogP contribution in [-0.2, 0) is 9.84 Å². The molecule has 0 aliphatic carbocycles. The van der Waals surface area contributed by atoms with Crippen molar-refractivity contribution in [3.63, 3.8) is 0 Å². The van der Waals surface area contributed by atoms with E-state index in [9.17, 15) is 12.8 Å². The van der Waals surface area contributed by atoms with Gasteiger partial charge in [-0.1, -0.05) is 12.1 Å². The lowest BCUT2D eigenvalue weighted by molar-refractivity contribution is 0.397. The van der Waals surface area contributed by atoms with Gasteiger partial charge in [0.1, 0.15) is 15.7 Å². The summed E-state index contributed by atoms with van der Waals surface area (Å²) in [5.41, 5.74) is 0.892. The lowest BCUT2D eigenvalue weighted by Gasteiger charge is -2.25. The predicted octanol–water partition coefficient (Wildman–Crippen LogP) is 3.12. The molecule has 0 saturated heterocycles. The molecular formula is C16H26FNO2S. The van der Waals surface area contributed by atoms with Gasteiger partial charge in [-0.2, -0.15) is 0 Å². The number of sulfone groups is 1. The average Bonchev–Trinajstić information content (AvgIpc) is 2.30. The summed E-state index contributed by atoms with van der Waals surface area (Å²) in [4.78, 5) is 0. The molecule has 0 spiro atoms. The molecule has 0 amide bonds. The fraction of sp³-hybridized carbons (Fsp3) is 0.625. The van der Waals surface area contributed by atoms with E-state index in [0.717, 1.165) is 12.0 Å². The van der Waals surface area contributed by atoms with Crippen molar-refractivity contribution in [2.75, 3.05) is 18.6 Å². The van der Waals surface area contributed by atoms with Crippen LogP contribution in [0.2, 0.25) is 0 Å². The van der Waals surface area contributed by atoms with Gasteiger partial charge in [0.25, 0.3) is 0 Å². The SMILES string of the molecule is CC(C)(C)NCC(CCCS(C)(=O)=O)c1cccc(F)c1. The van der Waals surface area contributed by atoms with Crippen molar-refractivity contribution in [1.82, 2.24) is 5.32 Å². The minimum atomic E-state index is -2.95. The van der Waals surface area contributed by atoms with Crippen molar-refractivity contribution in [3.05, 3.63) is 35.6 Å². The molecule has 0 radical (unpaired) electrons. The predicted molar refractivity (Wildman–Crippen MR) is 85.8 cm³/mol. The first-order valence-electron chi connectivity index (χ1n) is 7.25. The van der Waals surface area contributed by atoms with Crippen LogP contribution in [0.25, 0.3) is 0 Å². The Morgan fingerprint density at radius 1 is 1.29 bits per heavy atom. The van der Waals surface area contributed by atoms with Crippen molar-refractivity contribution in [1.29, 1.82) is 0 Å². The molecule has 0 heterocycles. The first-order valence-corrected chi connectivity index (χ1v) is 9.31. The van der Waals surface area contributed by atoms with E-state index in [2.05, 4.69) is 26.1 Å². The highest BCUT2D eigenvalue weighted by molar-refractivity contribution is 7.90. The van der Waals surface area contributed by atoms with E-state index in [1.807, 2.05) is 6.07 Å². The molecule has 0 bridgehead atoms. The summed E-state index contributed by atoms with van der Waals surface area (Å²) in [7, 11) is -2.95. The summed E-state index contributed by atoms with van der Waals surface area (Å²) < 4.78 is 35.9. The van der Waals surface area contributed by atoms with Crippen LogP contribution in [0, 0.1) is 5.82 Å². The Morgan fingerprint density at radius 2 is 1.95 bits per heavy atom. The average molecular weight is 315 g/mol. The molecule has 1 rings (SSSR count). The largest absolute Gasteiger partial charge is 0.311 e. The van der Waals surface area contributed by atoms with Gasteiger partial charge in [0.05, 0.1) is 0 Å². The number of halogens is 1. The van der Waals surface area contributed by atoms with Crippen LogP contribution in [0.5, 0.6) is 0 Å². The summed E-state index contributed by atoms with van der Waals surface area (Å²) in [5, 5.41) is 3.42. The molecule has 120 valence electrons. The van der Waals surface area contributed by atoms with Crippen molar-refractivity contribution in [2.45, 2.75) is 45.1 Å². The van der Waals surface area contributed by atoms with Crippen LogP contribution in [0.15, 0.2) is 24.3 Å². The highest BCUT2D eigenvalue weighted by Crippen LogP contribution is 2.22. The van der Waals surface area contributed by atoms with E-state index in [0.29, 0.717) is 13.0 Å². The van der Waals surface area contributed by atoms with Crippen molar-refractivity contribution >= 4 is 9.84 Å². The van der Waals surface area contributed by atoms with Gasteiger partial charge < -0.3 is 5.32 Å². The van der Waals surface area contributed by atoms with Crippen LogP contribution in [-0.4, -0.2) is 32.5 Å². The number of benzene rings is 1. The van der Waals surface area contributed by atoms with Gasteiger partial charge in [-0.3, -0.25) is 0 Å². The van der Waals surface area contributed by atoms with Gasteiger partial charge in [0, 0.05) is 24.1 Å². The zero-order valence-electron chi connectivity index (χ0n) is 13.3. The fourth-order valence-corrected chi connectivity index (χ4v) is 2.86. The first-order chi connectivity index (χ1) is 9.57. The van der Waals surface area contributed by atoms with Gasteiger partial charge in [0.2, 0.25) is 0 Å². The normalized spacial score (nSPS) is 14.1. The summed E-state index contributed by atoms with van der Waals surface area (Å²) in [5.74, 6) is 0.0342. The molecule has 1 atom stereocenters. The Labute approximate surface area is 127 Å². The van der Waals surface area contributed by atoms with Crippen molar-refractivity contribution in [2.24, 2.45) is 0 Å². The third-order valence-corrected chi connectivity index (χ3v) is 4.30.